The molecule has 0 bridgehead atoms. The lowest BCUT2D eigenvalue weighted by Crippen LogP contribution is -2.18. The number of nitrogens with zero attached hydrogens (tertiary/aromatic N) is 2. The van der Waals surface area contributed by atoms with Crippen LogP contribution < -0.4 is 15.6 Å². The lowest BCUT2D eigenvalue weighted by molar-refractivity contribution is 0.447. The maximum absolute atomic E-state index is 13.0. The molecule has 0 saturated carbocycles. The monoisotopic (exact) mass is 653 g/mol. The number of aromatic nitrogens is 2. The minimum absolute atomic E-state index is 0.153. The Morgan fingerprint density at radius 2 is 0.702 bits per heavy atom. The maximum Gasteiger partial charge on any atom is 0.224 e. The Morgan fingerprint density at radius 1 is 0.426 bits per heavy atom. The van der Waals surface area contributed by atoms with Crippen LogP contribution in [0.1, 0.15) is 193 Å². The fourth-order valence-corrected chi connectivity index (χ4v) is 6.73. The molecule has 2 heterocycles. The summed E-state index contributed by atoms with van der Waals surface area (Å²) in [4.78, 5) is 26.0. The molecule has 0 aliphatic rings. The summed E-state index contributed by atoms with van der Waals surface area (Å²) >= 11 is 0. The SMILES string of the molecule is CCCCCCCCCCCCCCn1cc(Oc2cn(CCCCCCCCCCCCCC)c(CC)cc2=O)c(=O)cc1CC. The van der Waals surface area contributed by atoms with E-state index in [9.17, 15) is 9.59 Å². The number of hydrogen-bond donors (Lipinski definition) is 0. The van der Waals surface area contributed by atoms with Crippen LogP contribution in [-0.2, 0) is 25.9 Å². The van der Waals surface area contributed by atoms with Gasteiger partial charge in [0, 0.05) is 36.6 Å². The van der Waals surface area contributed by atoms with E-state index < -0.39 is 0 Å². The third-order valence-corrected chi connectivity index (χ3v) is 9.81. The third-order valence-electron chi connectivity index (χ3n) is 9.81. The van der Waals surface area contributed by atoms with Gasteiger partial charge >= 0.3 is 0 Å². The van der Waals surface area contributed by atoms with Crippen molar-refractivity contribution in [1.29, 1.82) is 0 Å². The van der Waals surface area contributed by atoms with Crippen LogP contribution >= 0.6 is 0 Å². The van der Waals surface area contributed by atoms with Gasteiger partial charge in [-0.3, -0.25) is 9.59 Å². The molecule has 0 unspecified atom stereocenters. The lowest BCUT2D eigenvalue weighted by atomic mass is 10.1. The Hall–Kier alpha value is -2.30. The largest absolute Gasteiger partial charge is 0.446 e. The molecule has 0 aliphatic carbocycles. The summed E-state index contributed by atoms with van der Waals surface area (Å²) in [5.41, 5.74) is 1.74. The minimum Gasteiger partial charge on any atom is -0.446 e. The van der Waals surface area contributed by atoms with Crippen molar-refractivity contribution in [3.63, 3.8) is 0 Å². The van der Waals surface area contributed by atoms with E-state index in [0.717, 1.165) is 50.2 Å². The number of hydrogen-bond acceptors (Lipinski definition) is 3. The highest BCUT2D eigenvalue weighted by Crippen LogP contribution is 2.19. The van der Waals surface area contributed by atoms with Gasteiger partial charge in [-0.15, -0.1) is 0 Å². The highest BCUT2D eigenvalue weighted by molar-refractivity contribution is 5.30. The van der Waals surface area contributed by atoms with Gasteiger partial charge in [-0.25, -0.2) is 0 Å². The van der Waals surface area contributed by atoms with Gasteiger partial charge in [0.1, 0.15) is 0 Å². The molecule has 0 N–H and O–H groups in total. The van der Waals surface area contributed by atoms with Gasteiger partial charge in [-0.2, -0.15) is 0 Å². The van der Waals surface area contributed by atoms with Crippen molar-refractivity contribution >= 4 is 0 Å². The van der Waals surface area contributed by atoms with Crippen LogP contribution in [0.25, 0.3) is 0 Å². The average molecular weight is 653 g/mol. The molecular formula is C42H72N2O3. The number of aryl methyl sites for hydroxylation is 4. The Labute approximate surface area is 288 Å². The highest BCUT2D eigenvalue weighted by atomic mass is 16.5. The highest BCUT2D eigenvalue weighted by Gasteiger charge is 2.13. The summed E-state index contributed by atoms with van der Waals surface area (Å²) in [6.45, 7) is 10.5. The maximum atomic E-state index is 13.0. The van der Waals surface area contributed by atoms with Crippen molar-refractivity contribution in [3.05, 3.63) is 56.4 Å². The first-order valence-corrected chi connectivity index (χ1v) is 20.2. The number of pyridine rings is 2. The second-order valence-electron chi connectivity index (χ2n) is 14.0. The van der Waals surface area contributed by atoms with E-state index in [1.54, 1.807) is 12.1 Å². The molecule has 2 aromatic rings. The van der Waals surface area contributed by atoms with Crippen LogP contribution in [-0.4, -0.2) is 9.13 Å². The predicted molar refractivity (Wildman–Crippen MR) is 202 cm³/mol. The van der Waals surface area contributed by atoms with Gasteiger partial charge < -0.3 is 13.9 Å². The normalized spacial score (nSPS) is 11.4. The van der Waals surface area contributed by atoms with Crippen LogP contribution in [0.4, 0.5) is 0 Å². The lowest BCUT2D eigenvalue weighted by Gasteiger charge is -2.16. The van der Waals surface area contributed by atoms with E-state index in [4.69, 9.17) is 4.74 Å². The predicted octanol–water partition coefficient (Wildman–Crippen LogP) is 12.3. The third kappa shape index (κ3) is 17.6. The van der Waals surface area contributed by atoms with E-state index in [1.807, 2.05) is 12.4 Å². The van der Waals surface area contributed by atoms with Crippen molar-refractivity contribution in [2.45, 2.75) is 208 Å². The topological polar surface area (TPSA) is 53.2 Å². The van der Waals surface area contributed by atoms with Gasteiger partial charge in [0.2, 0.25) is 10.9 Å². The minimum atomic E-state index is -0.153. The molecule has 0 fully saturated rings. The van der Waals surface area contributed by atoms with Crippen LogP contribution in [0.2, 0.25) is 0 Å². The van der Waals surface area contributed by atoms with Crippen molar-refractivity contribution in [2.24, 2.45) is 0 Å². The summed E-state index contributed by atoms with van der Waals surface area (Å²) < 4.78 is 10.4. The van der Waals surface area contributed by atoms with Crippen LogP contribution in [0.15, 0.2) is 34.1 Å². The fourth-order valence-electron chi connectivity index (χ4n) is 6.73. The van der Waals surface area contributed by atoms with Crippen molar-refractivity contribution < 1.29 is 4.74 Å². The molecule has 5 heteroatoms. The average Bonchev–Trinajstić information content (AvgIpc) is 3.07. The number of ether oxygens (including phenoxy) is 1. The number of unbranched alkanes of at least 4 members (excludes halogenated alkanes) is 22. The first kappa shape index (κ1) is 40.9. The molecule has 0 radical (unpaired) electrons. The molecule has 2 aromatic heterocycles. The van der Waals surface area contributed by atoms with Crippen LogP contribution in [0, 0.1) is 0 Å². The van der Waals surface area contributed by atoms with Crippen molar-refractivity contribution in [3.8, 4) is 11.5 Å². The Morgan fingerprint density at radius 3 is 0.979 bits per heavy atom. The van der Waals surface area contributed by atoms with E-state index in [2.05, 4.69) is 36.8 Å². The van der Waals surface area contributed by atoms with Crippen LogP contribution in [0.3, 0.4) is 0 Å². The molecule has 0 saturated heterocycles. The first-order chi connectivity index (χ1) is 23.0. The molecule has 5 nitrogen and oxygen atoms in total. The molecule has 0 spiro atoms. The molecule has 0 aromatic carbocycles. The summed E-state index contributed by atoms with van der Waals surface area (Å²) in [6, 6.07) is 3.39. The first-order valence-electron chi connectivity index (χ1n) is 20.2. The van der Waals surface area contributed by atoms with Crippen LogP contribution in [0.5, 0.6) is 11.5 Å². The van der Waals surface area contributed by atoms with Gasteiger partial charge in [-0.1, -0.05) is 169 Å². The van der Waals surface area contributed by atoms with Gasteiger partial charge in [0.05, 0.1) is 12.4 Å². The van der Waals surface area contributed by atoms with Crippen molar-refractivity contribution in [2.75, 3.05) is 0 Å². The molecule has 47 heavy (non-hydrogen) atoms. The van der Waals surface area contributed by atoms with E-state index in [1.165, 1.54) is 141 Å². The molecular weight excluding hydrogens is 580 g/mol. The second-order valence-corrected chi connectivity index (χ2v) is 14.0. The summed E-state index contributed by atoms with van der Waals surface area (Å²) in [6.07, 6.45) is 37.0. The summed E-state index contributed by atoms with van der Waals surface area (Å²) in [7, 11) is 0. The number of rotatable bonds is 30. The Balaban J connectivity index is 1.82. The van der Waals surface area contributed by atoms with E-state index in [-0.39, 0.29) is 22.4 Å². The second kappa shape index (κ2) is 26.6. The fraction of sp³-hybridized carbons (Fsp3) is 0.762. The molecule has 2 rings (SSSR count). The summed E-state index contributed by atoms with van der Waals surface area (Å²) in [5, 5.41) is 0. The van der Waals surface area contributed by atoms with Gasteiger partial charge in [0.15, 0.2) is 11.5 Å². The molecule has 0 aliphatic heterocycles. The van der Waals surface area contributed by atoms with E-state index >= 15 is 0 Å². The Kier molecular flexibility index (Phi) is 23.2. The Bertz CT molecular complexity index is 1090. The van der Waals surface area contributed by atoms with E-state index in [0.29, 0.717) is 0 Å². The zero-order valence-corrected chi connectivity index (χ0v) is 31.2. The van der Waals surface area contributed by atoms with Crippen molar-refractivity contribution in [1.82, 2.24) is 9.13 Å². The standard InChI is InChI=1S/C42H72N2O3/c1-5-9-11-13-15-17-19-21-23-25-27-29-31-43-35-41(39(45)33-37(43)7-3)47-42-36-44(38(8-4)34-40(42)46)32-30-28-26-24-22-20-18-16-14-12-10-6-2/h33-36H,5-32H2,1-4H3. The summed E-state index contributed by atoms with van der Waals surface area (Å²) in [5.74, 6) is 0.499. The molecule has 0 amide bonds. The molecule has 268 valence electrons. The molecule has 0 atom stereocenters. The zero-order valence-electron chi connectivity index (χ0n) is 31.2. The van der Waals surface area contributed by atoms with Gasteiger partial charge in [-0.05, 0) is 25.7 Å². The van der Waals surface area contributed by atoms with Gasteiger partial charge in [0.25, 0.3) is 0 Å². The zero-order chi connectivity index (χ0) is 34.0. The smallest absolute Gasteiger partial charge is 0.224 e. The quantitative estimate of drug-likeness (QED) is 0.0789.